The molecule has 0 aromatic carbocycles. The van der Waals surface area contributed by atoms with Crippen LogP contribution in [0.4, 0.5) is 0 Å². The highest BCUT2D eigenvalue weighted by Crippen LogP contribution is 2.04. The molecule has 0 fully saturated rings. The molecule has 1 atom stereocenters. The van der Waals surface area contributed by atoms with E-state index in [0.29, 0.717) is 12.1 Å². The summed E-state index contributed by atoms with van der Waals surface area (Å²) in [5, 5.41) is 0. The van der Waals surface area contributed by atoms with Gasteiger partial charge in [0.05, 0.1) is 6.61 Å². The lowest BCUT2D eigenvalue weighted by Gasteiger charge is -2.26. The number of nitrogens with two attached hydrogens (primary N) is 1. The van der Waals surface area contributed by atoms with E-state index in [2.05, 4.69) is 25.7 Å². The van der Waals surface area contributed by atoms with Gasteiger partial charge in [-0.1, -0.05) is 6.92 Å². The molecule has 0 radical (unpaired) electrons. The summed E-state index contributed by atoms with van der Waals surface area (Å²) in [4.78, 5) is 2.45. The molecule has 0 saturated carbocycles. The van der Waals surface area contributed by atoms with Crippen LogP contribution in [-0.4, -0.2) is 43.8 Å². The first-order valence-corrected chi connectivity index (χ1v) is 6.10. The molecule has 15 heavy (non-hydrogen) atoms. The van der Waals surface area contributed by atoms with E-state index in [1.807, 2.05) is 0 Å². The van der Waals surface area contributed by atoms with Crippen molar-refractivity contribution in [3.8, 4) is 0 Å². The second kappa shape index (κ2) is 9.13. The highest BCUT2D eigenvalue weighted by atomic mass is 16.5. The average Bonchev–Trinajstić information content (AvgIpc) is 2.22. The van der Waals surface area contributed by atoms with Crippen molar-refractivity contribution in [2.45, 2.75) is 52.1 Å². The molecule has 0 aliphatic heterocycles. The minimum atomic E-state index is 0.376. The summed E-state index contributed by atoms with van der Waals surface area (Å²) in [7, 11) is 1.76. The van der Waals surface area contributed by atoms with Crippen LogP contribution in [0.1, 0.15) is 40.0 Å². The molecule has 0 saturated heterocycles. The smallest absolute Gasteiger partial charge is 0.0589 e. The van der Waals surface area contributed by atoms with Gasteiger partial charge in [0.1, 0.15) is 0 Å². The monoisotopic (exact) mass is 216 g/mol. The molecule has 0 aliphatic rings. The van der Waals surface area contributed by atoms with Gasteiger partial charge in [-0.05, 0) is 39.7 Å². The normalized spacial score (nSPS) is 13.8. The van der Waals surface area contributed by atoms with Gasteiger partial charge in [-0.2, -0.15) is 0 Å². The summed E-state index contributed by atoms with van der Waals surface area (Å²) in [6, 6.07) is 0.972. The summed E-state index contributed by atoms with van der Waals surface area (Å²) >= 11 is 0. The molecule has 0 aromatic heterocycles. The molecule has 0 aromatic rings. The molecule has 2 N–H and O–H groups in total. The minimum absolute atomic E-state index is 0.376. The Balaban J connectivity index is 3.66. The Labute approximate surface area is 95.0 Å². The lowest BCUT2D eigenvalue weighted by molar-refractivity contribution is 0.127. The van der Waals surface area contributed by atoms with Crippen LogP contribution in [0.15, 0.2) is 0 Å². The summed E-state index contributed by atoms with van der Waals surface area (Å²) in [5.74, 6) is 0. The predicted molar refractivity (Wildman–Crippen MR) is 66.1 cm³/mol. The van der Waals surface area contributed by atoms with E-state index in [9.17, 15) is 0 Å². The number of rotatable bonds is 9. The Hall–Kier alpha value is -0.120. The van der Waals surface area contributed by atoms with Gasteiger partial charge in [0.2, 0.25) is 0 Å². The molecule has 0 heterocycles. The SMILES string of the molecule is CCC(N)CCCN(CCOC)C(C)C. The van der Waals surface area contributed by atoms with E-state index in [1.54, 1.807) is 7.11 Å². The Kier molecular flexibility index (Phi) is 9.06. The molecule has 3 heteroatoms. The van der Waals surface area contributed by atoms with Crippen LogP contribution in [-0.2, 0) is 4.74 Å². The zero-order valence-corrected chi connectivity index (χ0v) is 10.8. The summed E-state index contributed by atoms with van der Waals surface area (Å²) in [5.41, 5.74) is 5.89. The molecule has 3 nitrogen and oxygen atoms in total. The number of ether oxygens (including phenoxy) is 1. The molecule has 0 amide bonds. The Morgan fingerprint density at radius 1 is 1.27 bits per heavy atom. The fourth-order valence-corrected chi connectivity index (χ4v) is 1.60. The summed E-state index contributed by atoms with van der Waals surface area (Å²) < 4.78 is 5.10. The van der Waals surface area contributed by atoms with Crippen molar-refractivity contribution in [1.82, 2.24) is 4.90 Å². The fraction of sp³-hybridized carbons (Fsp3) is 1.00. The van der Waals surface area contributed by atoms with Gasteiger partial charge in [0.25, 0.3) is 0 Å². The van der Waals surface area contributed by atoms with Crippen molar-refractivity contribution in [1.29, 1.82) is 0 Å². The van der Waals surface area contributed by atoms with Crippen molar-refractivity contribution in [2.75, 3.05) is 26.8 Å². The molecule has 0 rings (SSSR count). The van der Waals surface area contributed by atoms with Crippen LogP contribution in [0.3, 0.4) is 0 Å². The predicted octanol–water partition coefficient (Wildman–Crippen LogP) is 1.86. The van der Waals surface area contributed by atoms with E-state index in [-0.39, 0.29) is 0 Å². The fourth-order valence-electron chi connectivity index (χ4n) is 1.60. The van der Waals surface area contributed by atoms with Gasteiger partial charge in [0.15, 0.2) is 0 Å². The topological polar surface area (TPSA) is 38.5 Å². The largest absolute Gasteiger partial charge is 0.383 e. The van der Waals surface area contributed by atoms with E-state index in [4.69, 9.17) is 10.5 Å². The quantitative estimate of drug-likeness (QED) is 0.639. The maximum atomic E-state index is 5.89. The molecular weight excluding hydrogens is 188 g/mol. The maximum absolute atomic E-state index is 5.89. The highest BCUT2D eigenvalue weighted by Gasteiger charge is 2.09. The van der Waals surface area contributed by atoms with Crippen molar-refractivity contribution >= 4 is 0 Å². The van der Waals surface area contributed by atoms with Crippen molar-refractivity contribution in [3.63, 3.8) is 0 Å². The lowest BCUT2D eigenvalue weighted by Crippen LogP contribution is -2.35. The standard InChI is InChI=1S/C12H28N2O/c1-5-12(13)7-6-8-14(11(2)3)9-10-15-4/h11-12H,5-10,13H2,1-4H3. The Morgan fingerprint density at radius 3 is 2.40 bits per heavy atom. The van der Waals surface area contributed by atoms with Crippen LogP contribution >= 0.6 is 0 Å². The van der Waals surface area contributed by atoms with E-state index in [1.165, 1.54) is 6.42 Å². The van der Waals surface area contributed by atoms with Crippen LogP contribution in [0, 0.1) is 0 Å². The van der Waals surface area contributed by atoms with Gasteiger partial charge in [-0.3, -0.25) is 4.90 Å². The minimum Gasteiger partial charge on any atom is -0.383 e. The van der Waals surface area contributed by atoms with Crippen LogP contribution in [0.2, 0.25) is 0 Å². The number of nitrogens with zero attached hydrogens (tertiary/aromatic N) is 1. The zero-order valence-electron chi connectivity index (χ0n) is 10.8. The summed E-state index contributed by atoms with van der Waals surface area (Å²) in [6.45, 7) is 9.59. The van der Waals surface area contributed by atoms with Gasteiger partial charge in [0, 0.05) is 25.7 Å². The van der Waals surface area contributed by atoms with E-state index >= 15 is 0 Å². The third-order valence-electron chi connectivity index (χ3n) is 2.86. The van der Waals surface area contributed by atoms with Crippen LogP contribution in [0.25, 0.3) is 0 Å². The molecule has 92 valence electrons. The molecule has 0 bridgehead atoms. The molecular formula is C12H28N2O. The Morgan fingerprint density at radius 2 is 1.93 bits per heavy atom. The van der Waals surface area contributed by atoms with E-state index in [0.717, 1.165) is 32.5 Å². The first kappa shape index (κ1) is 14.9. The van der Waals surface area contributed by atoms with Gasteiger partial charge >= 0.3 is 0 Å². The van der Waals surface area contributed by atoms with Crippen LogP contribution < -0.4 is 5.73 Å². The average molecular weight is 216 g/mol. The van der Waals surface area contributed by atoms with Gasteiger partial charge in [-0.25, -0.2) is 0 Å². The zero-order chi connectivity index (χ0) is 11.7. The second-order valence-electron chi connectivity index (χ2n) is 4.43. The lowest BCUT2D eigenvalue weighted by atomic mass is 10.1. The number of methoxy groups -OCH3 is 1. The van der Waals surface area contributed by atoms with Gasteiger partial charge in [-0.15, -0.1) is 0 Å². The first-order valence-electron chi connectivity index (χ1n) is 6.10. The molecule has 0 spiro atoms. The molecule has 0 aliphatic carbocycles. The second-order valence-corrected chi connectivity index (χ2v) is 4.43. The van der Waals surface area contributed by atoms with Crippen LogP contribution in [0.5, 0.6) is 0 Å². The van der Waals surface area contributed by atoms with Crippen molar-refractivity contribution < 1.29 is 4.74 Å². The van der Waals surface area contributed by atoms with E-state index < -0.39 is 0 Å². The number of hydrogen-bond donors (Lipinski definition) is 1. The van der Waals surface area contributed by atoms with Crippen molar-refractivity contribution in [2.24, 2.45) is 5.73 Å². The Bertz CT molecular complexity index is 140. The number of hydrogen-bond acceptors (Lipinski definition) is 3. The highest BCUT2D eigenvalue weighted by molar-refractivity contribution is 4.65. The van der Waals surface area contributed by atoms with Gasteiger partial charge < -0.3 is 10.5 Å². The maximum Gasteiger partial charge on any atom is 0.0589 e. The summed E-state index contributed by atoms with van der Waals surface area (Å²) in [6.07, 6.45) is 3.41. The van der Waals surface area contributed by atoms with Crippen molar-refractivity contribution in [3.05, 3.63) is 0 Å². The third-order valence-corrected chi connectivity index (χ3v) is 2.86. The molecule has 1 unspecified atom stereocenters. The third kappa shape index (κ3) is 7.77. The first-order chi connectivity index (χ1) is 7.11.